The van der Waals surface area contributed by atoms with Gasteiger partial charge in [-0.25, -0.2) is 9.13 Å². The van der Waals surface area contributed by atoms with Gasteiger partial charge in [0, 0.05) is 25.7 Å². The van der Waals surface area contributed by atoms with Crippen LogP contribution in [0, 0.1) is 23.7 Å². The molecule has 3 unspecified atom stereocenters. The number of esters is 4. The Labute approximate surface area is 537 Å². The molecule has 0 amide bonds. The fourth-order valence-corrected chi connectivity index (χ4v) is 11.9. The molecule has 88 heavy (non-hydrogen) atoms. The number of hydrogen-bond donors (Lipinski definition) is 3. The molecule has 0 saturated heterocycles. The van der Waals surface area contributed by atoms with Crippen molar-refractivity contribution < 1.29 is 80.2 Å². The minimum atomic E-state index is -4.95. The third-order valence-electron chi connectivity index (χ3n) is 15.8. The van der Waals surface area contributed by atoms with E-state index in [0.717, 1.165) is 102 Å². The van der Waals surface area contributed by atoms with E-state index in [9.17, 15) is 43.2 Å². The van der Waals surface area contributed by atoms with Gasteiger partial charge in [-0.15, -0.1) is 0 Å². The lowest BCUT2D eigenvalue weighted by atomic mass is 10.0. The van der Waals surface area contributed by atoms with Crippen LogP contribution in [0.3, 0.4) is 0 Å². The number of rotatable bonds is 66. The topological polar surface area (TPSA) is 237 Å². The maximum absolute atomic E-state index is 13.0. The number of carbonyl (C=O) groups is 4. The minimum absolute atomic E-state index is 0.102. The Bertz CT molecular complexity index is 1750. The van der Waals surface area contributed by atoms with Gasteiger partial charge in [0.25, 0.3) is 0 Å². The molecule has 0 aromatic rings. The molecule has 0 spiro atoms. The van der Waals surface area contributed by atoms with Crippen LogP contribution in [-0.4, -0.2) is 96.7 Å². The SMILES string of the molecule is CC(C)CCCCCCCCCCCCCCCCCC(=O)OC[C@H](COP(=O)(O)OCC(O)COP(=O)(O)OC[C@@H](COC(=O)CCCCCCCCCC(C)C)OC(=O)CCCCCCCCCC(C)C)OC(=O)CCCCCCCCCC(C)C. The third kappa shape index (κ3) is 62.8. The molecule has 3 N–H and O–H groups in total. The second-order valence-corrected chi connectivity index (χ2v) is 29.7. The van der Waals surface area contributed by atoms with Crippen LogP contribution >= 0.6 is 15.6 Å². The number of aliphatic hydroxyl groups is 1. The number of carbonyl (C=O) groups excluding carboxylic acids is 4. The van der Waals surface area contributed by atoms with Crippen molar-refractivity contribution in [3.8, 4) is 0 Å². The minimum Gasteiger partial charge on any atom is -0.462 e. The highest BCUT2D eigenvalue weighted by molar-refractivity contribution is 7.47. The van der Waals surface area contributed by atoms with Crippen LogP contribution in [0.5, 0.6) is 0 Å². The fraction of sp³-hybridized carbons (Fsp3) is 0.942. The lowest BCUT2D eigenvalue weighted by Crippen LogP contribution is -2.30. The smallest absolute Gasteiger partial charge is 0.462 e. The number of phosphoric acid groups is 2. The molecule has 0 aliphatic rings. The molecule has 0 aromatic heterocycles. The van der Waals surface area contributed by atoms with E-state index < -0.39 is 97.5 Å². The van der Waals surface area contributed by atoms with Crippen LogP contribution in [0.4, 0.5) is 0 Å². The quantitative estimate of drug-likeness (QED) is 0.0222. The average molecular weight is 1300 g/mol. The first-order valence-corrected chi connectivity index (χ1v) is 38.7. The zero-order valence-electron chi connectivity index (χ0n) is 57.3. The maximum atomic E-state index is 13.0. The predicted molar refractivity (Wildman–Crippen MR) is 354 cm³/mol. The van der Waals surface area contributed by atoms with Crippen LogP contribution in [0.1, 0.15) is 338 Å². The summed E-state index contributed by atoms with van der Waals surface area (Å²) in [5.41, 5.74) is 0. The Balaban J connectivity index is 5.18. The van der Waals surface area contributed by atoms with Gasteiger partial charge < -0.3 is 33.8 Å². The van der Waals surface area contributed by atoms with E-state index in [4.69, 9.17) is 37.0 Å². The Hall–Kier alpha value is -1.94. The summed E-state index contributed by atoms with van der Waals surface area (Å²) in [6.07, 6.45) is 40.7. The second-order valence-electron chi connectivity index (χ2n) is 26.8. The van der Waals surface area contributed by atoms with Gasteiger partial charge in [-0.1, -0.05) is 287 Å². The van der Waals surface area contributed by atoms with Gasteiger partial charge in [-0.2, -0.15) is 0 Å². The van der Waals surface area contributed by atoms with Crippen LogP contribution in [0.15, 0.2) is 0 Å². The lowest BCUT2D eigenvalue weighted by molar-refractivity contribution is -0.161. The molecule has 0 radical (unpaired) electrons. The van der Waals surface area contributed by atoms with Crippen molar-refractivity contribution >= 4 is 39.5 Å². The standard InChI is InChI=1S/C69H134O17P2/c1-59(2)45-37-29-21-16-14-12-10-9-11-13-15-17-25-33-41-49-66(71)79-55-64(85-68(73)51-43-35-27-19-23-31-39-47-61(5)6)57-83-87(75,76)81-53-63(70)54-82-88(77,78)84-58-65(86-69(74)52-44-36-28-20-24-32-40-48-62(7)8)56-80-67(72)50-42-34-26-18-22-30-38-46-60(3)4/h59-65,70H,9-58H2,1-8H3,(H,75,76)(H,77,78)/t63?,64-,65-/m1/s1. The summed E-state index contributed by atoms with van der Waals surface area (Å²) in [6, 6.07) is 0. The number of aliphatic hydroxyl groups excluding tert-OH is 1. The Morgan fingerprint density at radius 1 is 0.284 bits per heavy atom. The monoisotopic (exact) mass is 1300 g/mol. The van der Waals surface area contributed by atoms with Gasteiger partial charge in [-0.05, 0) is 49.4 Å². The van der Waals surface area contributed by atoms with Crippen molar-refractivity contribution in [2.75, 3.05) is 39.6 Å². The van der Waals surface area contributed by atoms with E-state index in [1.165, 1.54) is 135 Å². The zero-order chi connectivity index (χ0) is 65.4. The summed E-state index contributed by atoms with van der Waals surface area (Å²) in [5, 5.41) is 10.6. The summed E-state index contributed by atoms with van der Waals surface area (Å²) in [6.45, 7) is 14.0. The van der Waals surface area contributed by atoms with Gasteiger partial charge in [0.15, 0.2) is 12.2 Å². The molecular formula is C69H134O17P2. The molecule has 17 nitrogen and oxygen atoms in total. The molecule has 5 atom stereocenters. The molecule has 522 valence electrons. The number of phosphoric ester groups is 2. The summed E-state index contributed by atoms with van der Waals surface area (Å²) in [5.74, 6) is 0.767. The van der Waals surface area contributed by atoms with Crippen molar-refractivity contribution in [1.82, 2.24) is 0 Å². The van der Waals surface area contributed by atoms with E-state index >= 15 is 0 Å². The lowest BCUT2D eigenvalue weighted by Gasteiger charge is -2.21. The maximum Gasteiger partial charge on any atom is 0.472 e. The zero-order valence-corrected chi connectivity index (χ0v) is 59.1. The molecule has 0 aliphatic heterocycles. The predicted octanol–water partition coefficient (Wildman–Crippen LogP) is 19.3. The molecule has 0 bridgehead atoms. The Morgan fingerprint density at radius 3 is 0.705 bits per heavy atom. The van der Waals surface area contributed by atoms with Gasteiger partial charge in [0.2, 0.25) is 0 Å². The molecule has 19 heteroatoms. The van der Waals surface area contributed by atoms with Crippen molar-refractivity contribution in [3.63, 3.8) is 0 Å². The average Bonchev–Trinajstić information content (AvgIpc) is 3.66. The first-order valence-electron chi connectivity index (χ1n) is 35.7. The van der Waals surface area contributed by atoms with Crippen molar-refractivity contribution in [3.05, 3.63) is 0 Å². The highest BCUT2D eigenvalue weighted by Crippen LogP contribution is 2.45. The number of hydrogen-bond acceptors (Lipinski definition) is 15. The van der Waals surface area contributed by atoms with Gasteiger partial charge in [0.05, 0.1) is 26.4 Å². The van der Waals surface area contributed by atoms with E-state index in [1.807, 2.05) is 0 Å². The fourth-order valence-electron chi connectivity index (χ4n) is 10.3. The van der Waals surface area contributed by atoms with Crippen LogP contribution in [-0.2, 0) is 65.4 Å². The summed E-state index contributed by atoms with van der Waals surface area (Å²) >= 11 is 0. The first-order chi connectivity index (χ1) is 42.1. The Kier molecular flexibility index (Phi) is 57.6. The molecule has 0 heterocycles. The second kappa shape index (κ2) is 58.8. The summed E-state index contributed by atoms with van der Waals surface area (Å²) < 4.78 is 68.1. The van der Waals surface area contributed by atoms with Crippen LogP contribution < -0.4 is 0 Å². The first kappa shape index (κ1) is 86.1. The molecule has 0 fully saturated rings. The normalized spacial score (nSPS) is 14.3. The van der Waals surface area contributed by atoms with Crippen LogP contribution in [0.25, 0.3) is 0 Å². The summed E-state index contributed by atoms with van der Waals surface area (Å²) in [7, 11) is -9.90. The van der Waals surface area contributed by atoms with Crippen LogP contribution in [0.2, 0.25) is 0 Å². The molecule has 0 saturated carbocycles. The highest BCUT2D eigenvalue weighted by Gasteiger charge is 2.30. The molecule has 0 rings (SSSR count). The van der Waals surface area contributed by atoms with E-state index in [0.29, 0.717) is 43.4 Å². The van der Waals surface area contributed by atoms with Gasteiger partial charge >= 0.3 is 39.5 Å². The Morgan fingerprint density at radius 2 is 0.477 bits per heavy atom. The van der Waals surface area contributed by atoms with E-state index in [1.54, 1.807) is 0 Å². The van der Waals surface area contributed by atoms with Gasteiger partial charge in [-0.3, -0.25) is 37.3 Å². The van der Waals surface area contributed by atoms with Crippen molar-refractivity contribution in [2.24, 2.45) is 23.7 Å². The third-order valence-corrected chi connectivity index (χ3v) is 17.7. The highest BCUT2D eigenvalue weighted by atomic mass is 31.2. The van der Waals surface area contributed by atoms with Gasteiger partial charge in [0.1, 0.15) is 19.3 Å². The van der Waals surface area contributed by atoms with Crippen molar-refractivity contribution in [2.45, 2.75) is 356 Å². The largest absolute Gasteiger partial charge is 0.472 e. The molecule has 0 aliphatic carbocycles. The van der Waals surface area contributed by atoms with E-state index in [2.05, 4.69) is 55.4 Å². The molecule has 0 aromatic carbocycles. The van der Waals surface area contributed by atoms with Crippen molar-refractivity contribution in [1.29, 1.82) is 0 Å². The summed E-state index contributed by atoms with van der Waals surface area (Å²) in [4.78, 5) is 72.4. The van der Waals surface area contributed by atoms with E-state index in [-0.39, 0.29) is 25.7 Å². The molecular weight excluding hydrogens is 1160 g/mol. The number of ether oxygens (including phenoxy) is 4. The number of unbranched alkanes of at least 4 members (excludes halogenated alkanes) is 32.